The molecule has 1 saturated heterocycles. The van der Waals surface area contributed by atoms with E-state index in [9.17, 15) is 22.0 Å². The largest absolute Gasteiger partial charge is 0.341 e. The van der Waals surface area contributed by atoms with E-state index in [2.05, 4.69) is 10.6 Å². The highest BCUT2D eigenvalue weighted by atomic mass is 32.2. The van der Waals surface area contributed by atoms with E-state index in [4.69, 9.17) is 0 Å². The van der Waals surface area contributed by atoms with E-state index in [1.54, 1.807) is 0 Å². The summed E-state index contributed by atoms with van der Waals surface area (Å²) in [4.78, 5) is 11.5. The summed E-state index contributed by atoms with van der Waals surface area (Å²) in [6.07, 6.45) is 1.71. The van der Waals surface area contributed by atoms with Gasteiger partial charge in [0, 0.05) is 12.2 Å². The number of benzene rings is 1. The van der Waals surface area contributed by atoms with Crippen molar-refractivity contribution in [3.05, 3.63) is 24.3 Å². The highest BCUT2D eigenvalue weighted by Crippen LogP contribution is 2.21. The number of alkyl halides is 2. The third-order valence-electron chi connectivity index (χ3n) is 3.35. The molecule has 21 heavy (non-hydrogen) atoms. The predicted molar refractivity (Wildman–Crippen MR) is 73.9 cm³/mol. The minimum absolute atomic E-state index is 0.136. The van der Waals surface area contributed by atoms with Crippen LogP contribution in [0.5, 0.6) is 0 Å². The topological polar surface area (TPSA) is 75.3 Å². The lowest BCUT2D eigenvalue weighted by atomic mass is 9.99. The Bertz CT molecular complexity index is 596. The van der Waals surface area contributed by atoms with Crippen LogP contribution in [0, 0.1) is 5.92 Å². The summed E-state index contributed by atoms with van der Waals surface area (Å²) < 4.78 is 47.3. The van der Waals surface area contributed by atoms with Gasteiger partial charge >= 0.3 is 5.76 Å². The van der Waals surface area contributed by atoms with Gasteiger partial charge in [0.25, 0.3) is 0 Å². The monoisotopic (exact) mass is 318 g/mol. The molecule has 1 aliphatic rings. The molecule has 2 N–H and O–H groups in total. The first kappa shape index (κ1) is 15.8. The van der Waals surface area contributed by atoms with Crippen LogP contribution in [0.15, 0.2) is 29.2 Å². The Morgan fingerprint density at radius 3 is 2.48 bits per heavy atom. The molecule has 1 heterocycles. The van der Waals surface area contributed by atoms with Gasteiger partial charge in [-0.05, 0) is 43.7 Å². The third kappa shape index (κ3) is 3.76. The molecule has 1 aliphatic heterocycles. The zero-order chi connectivity index (χ0) is 15.5. The molecule has 0 aromatic heterocycles. The number of sulfone groups is 1. The fourth-order valence-corrected chi connectivity index (χ4v) is 2.87. The maximum absolute atomic E-state index is 12.4. The first-order chi connectivity index (χ1) is 9.91. The lowest BCUT2D eigenvalue weighted by Crippen LogP contribution is -2.37. The average Bonchev–Trinajstić information content (AvgIpc) is 2.48. The van der Waals surface area contributed by atoms with Gasteiger partial charge in [-0.2, -0.15) is 8.78 Å². The highest BCUT2D eigenvalue weighted by molar-refractivity contribution is 7.91. The van der Waals surface area contributed by atoms with Gasteiger partial charge in [-0.3, -0.25) is 4.79 Å². The zero-order valence-corrected chi connectivity index (χ0v) is 12.0. The Kier molecular flexibility index (Phi) is 4.89. The van der Waals surface area contributed by atoms with Crippen LogP contribution in [-0.4, -0.2) is 33.2 Å². The first-order valence-corrected chi connectivity index (χ1v) is 8.09. The van der Waals surface area contributed by atoms with Crippen LogP contribution in [-0.2, 0) is 14.6 Å². The smallest absolute Gasteiger partial charge is 0.326 e. The number of nitrogens with one attached hydrogen (secondary N) is 2. The molecule has 5 nitrogen and oxygen atoms in total. The average molecular weight is 318 g/mol. The van der Waals surface area contributed by atoms with E-state index in [0.717, 1.165) is 31.5 Å². The Morgan fingerprint density at radius 1 is 1.29 bits per heavy atom. The van der Waals surface area contributed by atoms with E-state index in [-0.39, 0.29) is 11.8 Å². The molecule has 1 unspecified atom stereocenters. The van der Waals surface area contributed by atoms with E-state index >= 15 is 0 Å². The number of anilines is 1. The number of hydrogen-bond acceptors (Lipinski definition) is 4. The van der Waals surface area contributed by atoms with Gasteiger partial charge in [0.05, 0.1) is 10.8 Å². The normalized spacial score (nSPS) is 19.5. The molecule has 1 fully saturated rings. The Labute approximate surface area is 121 Å². The number of halogens is 2. The molecule has 2 rings (SSSR count). The number of carbonyl (C=O) groups is 1. The number of carbonyl (C=O) groups excluding carboxylic acids is 1. The summed E-state index contributed by atoms with van der Waals surface area (Å²) in [5.41, 5.74) is 0.388. The van der Waals surface area contributed by atoms with Crippen molar-refractivity contribution < 1.29 is 22.0 Å². The van der Waals surface area contributed by atoms with Crippen LogP contribution >= 0.6 is 0 Å². The summed E-state index contributed by atoms with van der Waals surface area (Å²) in [7, 11) is -4.60. The van der Waals surface area contributed by atoms with Crippen molar-refractivity contribution in [2.24, 2.45) is 5.92 Å². The van der Waals surface area contributed by atoms with Gasteiger partial charge in [0.2, 0.25) is 15.7 Å². The van der Waals surface area contributed by atoms with E-state index in [0.29, 0.717) is 12.2 Å². The Morgan fingerprint density at radius 2 is 1.95 bits per heavy atom. The Balaban J connectivity index is 2.04. The first-order valence-electron chi connectivity index (χ1n) is 6.55. The minimum Gasteiger partial charge on any atom is -0.326 e. The van der Waals surface area contributed by atoms with Crippen LogP contribution in [0.4, 0.5) is 14.5 Å². The van der Waals surface area contributed by atoms with E-state index in [1.165, 1.54) is 12.1 Å². The maximum atomic E-state index is 12.4. The molecular weight excluding hydrogens is 302 g/mol. The summed E-state index contributed by atoms with van der Waals surface area (Å²) >= 11 is 0. The number of hydrogen-bond donors (Lipinski definition) is 2. The van der Waals surface area contributed by atoms with E-state index < -0.39 is 20.5 Å². The summed E-state index contributed by atoms with van der Waals surface area (Å²) in [6, 6.07) is 4.75. The third-order valence-corrected chi connectivity index (χ3v) is 4.75. The van der Waals surface area contributed by atoms with Crippen molar-refractivity contribution >= 4 is 21.4 Å². The van der Waals surface area contributed by atoms with Crippen LogP contribution in [0.2, 0.25) is 0 Å². The molecule has 1 aromatic carbocycles. The predicted octanol–water partition coefficient (Wildman–Crippen LogP) is 1.62. The molecule has 8 heteroatoms. The van der Waals surface area contributed by atoms with Gasteiger partial charge in [-0.1, -0.05) is 0 Å². The zero-order valence-electron chi connectivity index (χ0n) is 11.2. The molecule has 1 amide bonds. The van der Waals surface area contributed by atoms with Crippen molar-refractivity contribution in [1.82, 2.24) is 5.32 Å². The van der Waals surface area contributed by atoms with Gasteiger partial charge < -0.3 is 10.6 Å². The fourth-order valence-electron chi connectivity index (χ4n) is 2.15. The van der Waals surface area contributed by atoms with E-state index in [1.807, 2.05) is 0 Å². The SMILES string of the molecule is O=C(Nc1ccc(S(=O)(=O)C(F)F)cc1)C1CCCNC1. The summed E-state index contributed by atoms with van der Waals surface area (Å²) in [5.74, 6) is -3.75. The van der Waals surface area contributed by atoms with Gasteiger partial charge in [0.1, 0.15) is 0 Å². The summed E-state index contributed by atoms with van der Waals surface area (Å²) in [6.45, 7) is 1.49. The lowest BCUT2D eigenvalue weighted by Gasteiger charge is -2.21. The molecule has 116 valence electrons. The minimum atomic E-state index is -4.60. The highest BCUT2D eigenvalue weighted by Gasteiger charge is 2.26. The summed E-state index contributed by atoms with van der Waals surface area (Å²) in [5, 5.41) is 5.78. The number of piperidine rings is 1. The molecular formula is C13H16F2N2O3S. The van der Waals surface area contributed by atoms with Crippen molar-refractivity contribution in [2.75, 3.05) is 18.4 Å². The molecule has 0 spiro atoms. The van der Waals surface area contributed by atoms with Gasteiger partial charge in [-0.15, -0.1) is 0 Å². The van der Waals surface area contributed by atoms with Gasteiger partial charge in [0.15, 0.2) is 0 Å². The second-order valence-corrected chi connectivity index (χ2v) is 6.78. The van der Waals surface area contributed by atoms with Crippen LogP contribution in [0.1, 0.15) is 12.8 Å². The number of amides is 1. The molecule has 1 atom stereocenters. The molecule has 0 aliphatic carbocycles. The van der Waals surface area contributed by atoms with Crippen molar-refractivity contribution in [3.8, 4) is 0 Å². The van der Waals surface area contributed by atoms with Crippen molar-refractivity contribution in [1.29, 1.82) is 0 Å². The van der Waals surface area contributed by atoms with Crippen LogP contribution < -0.4 is 10.6 Å². The molecule has 0 bridgehead atoms. The molecule has 0 radical (unpaired) electrons. The standard InChI is InChI=1S/C13H16F2N2O3S/c14-13(15)21(19,20)11-5-3-10(4-6-11)17-12(18)9-2-1-7-16-8-9/h3-6,9,13,16H,1-2,7-8H2,(H,17,18). The lowest BCUT2D eigenvalue weighted by molar-refractivity contribution is -0.120. The number of rotatable bonds is 4. The van der Waals surface area contributed by atoms with Crippen molar-refractivity contribution in [2.45, 2.75) is 23.5 Å². The maximum Gasteiger partial charge on any atom is 0.341 e. The second-order valence-electron chi connectivity index (χ2n) is 4.86. The Hall–Kier alpha value is -1.54. The molecule has 1 aromatic rings. The van der Waals surface area contributed by atoms with Gasteiger partial charge in [-0.25, -0.2) is 8.42 Å². The van der Waals surface area contributed by atoms with Crippen LogP contribution in [0.3, 0.4) is 0 Å². The van der Waals surface area contributed by atoms with Crippen molar-refractivity contribution in [3.63, 3.8) is 0 Å². The fraction of sp³-hybridized carbons (Fsp3) is 0.462. The quantitative estimate of drug-likeness (QED) is 0.884. The molecule has 0 saturated carbocycles. The van der Waals surface area contributed by atoms with Crippen LogP contribution in [0.25, 0.3) is 0 Å². The second kappa shape index (κ2) is 6.48.